The van der Waals surface area contributed by atoms with Crippen LogP contribution in [0.1, 0.15) is 30.6 Å². The molecule has 0 amide bonds. The van der Waals surface area contributed by atoms with Crippen molar-refractivity contribution in [2.24, 2.45) is 0 Å². The molecule has 0 saturated heterocycles. The second-order valence-electron chi connectivity index (χ2n) is 6.11. The molecule has 0 aliphatic heterocycles. The van der Waals surface area contributed by atoms with E-state index in [1.807, 2.05) is 24.3 Å². The van der Waals surface area contributed by atoms with Crippen molar-refractivity contribution in [2.45, 2.75) is 32.1 Å². The first kappa shape index (κ1) is 17.5. The normalized spacial score (nSPS) is 13.8. The molecule has 23 heavy (non-hydrogen) atoms. The maximum absolute atomic E-state index is 6.25. The number of hydrogen-bond donors (Lipinski definition) is 0. The molecule has 2 rings (SSSR count). The molecular formula is C20H27NO2. The SMILES string of the molecule is COc1cccc(COC(CC(C)N(C)C)c2ccccc2)c1. The van der Waals surface area contributed by atoms with Crippen LogP contribution in [0.3, 0.4) is 0 Å². The molecule has 0 aliphatic rings. The average Bonchev–Trinajstić information content (AvgIpc) is 2.59. The van der Waals surface area contributed by atoms with Crippen LogP contribution in [-0.2, 0) is 11.3 Å². The second-order valence-corrected chi connectivity index (χ2v) is 6.11. The van der Waals surface area contributed by atoms with Crippen molar-refractivity contribution in [1.29, 1.82) is 0 Å². The zero-order chi connectivity index (χ0) is 16.7. The first-order valence-electron chi connectivity index (χ1n) is 8.06. The van der Waals surface area contributed by atoms with Crippen molar-refractivity contribution in [3.05, 3.63) is 65.7 Å². The molecular weight excluding hydrogens is 286 g/mol. The summed E-state index contributed by atoms with van der Waals surface area (Å²) in [5.74, 6) is 0.865. The molecule has 2 aromatic rings. The van der Waals surface area contributed by atoms with Gasteiger partial charge in [-0.25, -0.2) is 0 Å². The van der Waals surface area contributed by atoms with Crippen LogP contribution in [0, 0.1) is 0 Å². The summed E-state index contributed by atoms with van der Waals surface area (Å²) in [5.41, 5.74) is 2.35. The van der Waals surface area contributed by atoms with Gasteiger partial charge in [0.2, 0.25) is 0 Å². The Hall–Kier alpha value is -1.84. The van der Waals surface area contributed by atoms with Crippen molar-refractivity contribution in [2.75, 3.05) is 21.2 Å². The highest BCUT2D eigenvalue weighted by Crippen LogP contribution is 2.26. The van der Waals surface area contributed by atoms with Gasteiger partial charge in [-0.05, 0) is 50.7 Å². The third-order valence-electron chi connectivity index (χ3n) is 4.19. The topological polar surface area (TPSA) is 21.7 Å². The van der Waals surface area contributed by atoms with E-state index in [2.05, 4.69) is 56.3 Å². The van der Waals surface area contributed by atoms with Gasteiger partial charge in [0.05, 0.1) is 19.8 Å². The summed E-state index contributed by atoms with van der Waals surface area (Å²) in [4.78, 5) is 2.23. The first-order valence-corrected chi connectivity index (χ1v) is 8.06. The third-order valence-corrected chi connectivity index (χ3v) is 4.19. The molecule has 0 bridgehead atoms. The van der Waals surface area contributed by atoms with E-state index in [1.165, 1.54) is 5.56 Å². The van der Waals surface area contributed by atoms with E-state index in [4.69, 9.17) is 9.47 Å². The van der Waals surface area contributed by atoms with Gasteiger partial charge in [0, 0.05) is 6.04 Å². The molecule has 0 radical (unpaired) electrons. The highest BCUT2D eigenvalue weighted by molar-refractivity contribution is 5.28. The zero-order valence-corrected chi connectivity index (χ0v) is 14.5. The molecule has 0 aromatic heterocycles. The maximum atomic E-state index is 6.25. The smallest absolute Gasteiger partial charge is 0.119 e. The predicted octanol–water partition coefficient (Wildman–Crippen LogP) is 4.29. The van der Waals surface area contributed by atoms with E-state index in [0.29, 0.717) is 12.6 Å². The highest BCUT2D eigenvalue weighted by Gasteiger charge is 2.17. The van der Waals surface area contributed by atoms with Gasteiger partial charge in [0.15, 0.2) is 0 Å². The Balaban J connectivity index is 2.07. The van der Waals surface area contributed by atoms with E-state index in [1.54, 1.807) is 7.11 Å². The Morgan fingerprint density at radius 1 is 1.00 bits per heavy atom. The van der Waals surface area contributed by atoms with Gasteiger partial charge in [0.1, 0.15) is 5.75 Å². The van der Waals surface area contributed by atoms with Crippen LogP contribution in [0.15, 0.2) is 54.6 Å². The minimum atomic E-state index is 0.0831. The lowest BCUT2D eigenvalue weighted by atomic mass is 10.0. The monoisotopic (exact) mass is 313 g/mol. The standard InChI is InChI=1S/C20H27NO2/c1-16(21(2)3)13-20(18-10-6-5-7-11-18)23-15-17-9-8-12-19(14-17)22-4/h5-12,14,16,20H,13,15H2,1-4H3. The predicted molar refractivity (Wildman–Crippen MR) is 94.7 cm³/mol. The summed E-state index contributed by atoms with van der Waals surface area (Å²) >= 11 is 0. The van der Waals surface area contributed by atoms with Crippen molar-refractivity contribution in [1.82, 2.24) is 4.90 Å². The summed E-state index contributed by atoms with van der Waals surface area (Å²) in [6.45, 7) is 2.81. The minimum Gasteiger partial charge on any atom is -0.497 e. The molecule has 3 heteroatoms. The van der Waals surface area contributed by atoms with Gasteiger partial charge in [-0.1, -0.05) is 42.5 Å². The molecule has 0 heterocycles. The van der Waals surface area contributed by atoms with Crippen LogP contribution in [0.5, 0.6) is 5.75 Å². The molecule has 0 saturated carbocycles. The Morgan fingerprint density at radius 2 is 1.74 bits per heavy atom. The van der Waals surface area contributed by atoms with Crippen LogP contribution in [-0.4, -0.2) is 32.1 Å². The number of benzene rings is 2. The Labute approximate surface area is 139 Å². The summed E-state index contributed by atoms with van der Waals surface area (Å²) < 4.78 is 11.5. The fourth-order valence-electron chi connectivity index (χ4n) is 2.45. The van der Waals surface area contributed by atoms with Crippen LogP contribution in [0.25, 0.3) is 0 Å². The van der Waals surface area contributed by atoms with Gasteiger partial charge in [-0.3, -0.25) is 0 Å². The zero-order valence-electron chi connectivity index (χ0n) is 14.5. The number of methoxy groups -OCH3 is 1. The number of rotatable bonds is 8. The highest BCUT2D eigenvalue weighted by atomic mass is 16.5. The molecule has 2 unspecified atom stereocenters. The lowest BCUT2D eigenvalue weighted by Gasteiger charge is -2.26. The van der Waals surface area contributed by atoms with Crippen LogP contribution in [0.4, 0.5) is 0 Å². The lowest BCUT2D eigenvalue weighted by Crippen LogP contribution is -2.27. The molecule has 0 fully saturated rings. The molecule has 124 valence electrons. The number of hydrogen-bond acceptors (Lipinski definition) is 3. The second kappa shape index (κ2) is 8.70. The third kappa shape index (κ3) is 5.38. The van der Waals surface area contributed by atoms with Gasteiger partial charge in [-0.15, -0.1) is 0 Å². The van der Waals surface area contributed by atoms with E-state index in [0.717, 1.165) is 17.7 Å². The maximum Gasteiger partial charge on any atom is 0.119 e. The van der Waals surface area contributed by atoms with Gasteiger partial charge in [0.25, 0.3) is 0 Å². The van der Waals surface area contributed by atoms with Crippen molar-refractivity contribution in [3.8, 4) is 5.75 Å². The summed E-state index contributed by atoms with van der Waals surface area (Å²) in [5, 5.41) is 0. The molecule has 2 atom stereocenters. The molecule has 2 aromatic carbocycles. The van der Waals surface area contributed by atoms with E-state index in [9.17, 15) is 0 Å². The van der Waals surface area contributed by atoms with Crippen LogP contribution >= 0.6 is 0 Å². The van der Waals surface area contributed by atoms with Gasteiger partial charge < -0.3 is 14.4 Å². The summed E-state index contributed by atoms with van der Waals surface area (Å²) in [7, 11) is 5.90. The van der Waals surface area contributed by atoms with E-state index >= 15 is 0 Å². The van der Waals surface area contributed by atoms with Crippen molar-refractivity contribution >= 4 is 0 Å². The fraction of sp³-hybridized carbons (Fsp3) is 0.400. The van der Waals surface area contributed by atoms with E-state index in [-0.39, 0.29) is 6.10 Å². The molecule has 0 spiro atoms. The lowest BCUT2D eigenvalue weighted by molar-refractivity contribution is 0.0199. The minimum absolute atomic E-state index is 0.0831. The number of nitrogens with zero attached hydrogens (tertiary/aromatic N) is 1. The molecule has 0 aliphatic carbocycles. The Kier molecular flexibility index (Phi) is 6.63. The Morgan fingerprint density at radius 3 is 2.39 bits per heavy atom. The van der Waals surface area contributed by atoms with Crippen molar-refractivity contribution in [3.63, 3.8) is 0 Å². The van der Waals surface area contributed by atoms with Crippen LogP contribution in [0.2, 0.25) is 0 Å². The van der Waals surface area contributed by atoms with Gasteiger partial charge in [-0.2, -0.15) is 0 Å². The number of ether oxygens (including phenoxy) is 2. The average molecular weight is 313 g/mol. The van der Waals surface area contributed by atoms with Crippen LogP contribution < -0.4 is 4.74 Å². The summed E-state index contributed by atoms with van der Waals surface area (Å²) in [6.07, 6.45) is 1.04. The quantitative estimate of drug-likeness (QED) is 0.725. The van der Waals surface area contributed by atoms with Crippen molar-refractivity contribution < 1.29 is 9.47 Å². The van der Waals surface area contributed by atoms with Gasteiger partial charge >= 0.3 is 0 Å². The Bertz CT molecular complexity index is 583. The fourth-order valence-corrected chi connectivity index (χ4v) is 2.45. The first-order chi connectivity index (χ1) is 11.1. The molecule has 3 nitrogen and oxygen atoms in total. The summed E-state index contributed by atoms with van der Waals surface area (Å²) in [6, 6.07) is 18.9. The molecule has 0 N–H and O–H groups in total. The van der Waals surface area contributed by atoms with E-state index < -0.39 is 0 Å². The largest absolute Gasteiger partial charge is 0.497 e.